The van der Waals surface area contributed by atoms with Gasteiger partial charge in [-0.25, -0.2) is 0 Å². The van der Waals surface area contributed by atoms with E-state index < -0.39 is 0 Å². The third kappa shape index (κ3) is 3.30. The molecule has 3 heteroatoms. The molecule has 1 aromatic carbocycles. The van der Waals surface area contributed by atoms with Gasteiger partial charge in [0.05, 0.1) is 0 Å². The number of aryl methyl sites for hydroxylation is 1. The molecule has 1 aliphatic rings. The van der Waals surface area contributed by atoms with Crippen LogP contribution in [0.2, 0.25) is 0 Å². The lowest BCUT2D eigenvalue weighted by molar-refractivity contribution is 0.0748. The van der Waals surface area contributed by atoms with Gasteiger partial charge in [0.2, 0.25) is 0 Å². The van der Waals surface area contributed by atoms with Gasteiger partial charge in [0.25, 0.3) is 5.91 Å². The minimum Gasteiger partial charge on any atom is -0.337 e. The van der Waals surface area contributed by atoms with Crippen LogP contribution in [0.25, 0.3) is 0 Å². The molecule has 1 amide bonds. The van der Waals surface area contributed by atoms with Crippen LogP contribution >= 0.6 is 0 Å². The van der Waals surface area contributed by atoms with Gasteiger partial charge in [-0.2, -0.15) is 0 Å². The summed E-state index contributed by atoms with van der Waals surface area (Å²) in [6, 6.07) is 7.83. The lowest BCUT2D eigenvalue weighted by atomic mass is 10.1. The highest BCUT2D eigenvalue weighted by Crippen LogP contribution is 2.08. The molecular weight excluding hydrogens is 212 g/mol. The van der Waals surface area contributed by atoms with Gasteiger partial charge in [-0.1, -0.05) is 17.7 Å². The van der Waals surface area contributed by atoms with Gasteiger partial charge in [0.15, 0.2) is 0 Å². The topological polar surface area (TPSA) is 32.3 Å². The fourth-order valence-corrected chi connectivity index (χ4v) is 2.09. The molecule has 17 heavy (non-hydrogen) atoms. The summed E-state index contributed by atoms with van der Waals surface area (Å²) in [6.45, 7) is 5.71. The van der Waals surface area contributed by atoms with Crippen LogP contribution < -0.4 is 5.32 Å². The second-order valence-corrected chi connectivity index (χ2v) is 4.62. The van der Waals surface area contributed by atoms with Gasteiger partial charge >= 0.3 is 0 Å². The molecule has 0 bridgehead atoms. The standard InChI is InChI=1S/C14H20N2O/c1-12-4-6-13(7-5-12)14(17)16-10-3-2-8-15-9-11-16/h4-7,15H,2-3,8-11H2,1H3. The molecule has 0 spiro atoms. The Morgan fingerprint density at radius 1 is 1.12 bits per heavy atom. The summed E-state index contributed by atoms with van der Waals surface area (Å²) in [4.78, 5) is 14.2. The van der Waals surface area contributed by atoms with Crippen LogP contribution in [-0.4, -0.2) is 37.0 Å². The summed E-state index contributed by atoms with van der Waals surface area (Å²) in [5.41, 5.74) is 1.99. The number of nitrogens with zero attached hydrogens (tertiary/aromatic N) is 1. The van der Waals surface area contributed by atoms with Gasteiger partial charge in [-0.05, 0) is 38.4 Å². The van der Waals surface area contributed by atoms with Crippen LogP contribution in [-0.2, 0) is 0 Å². The highest BCUT2D eigenvalue weighted by molar-refractivity contribution is 5.94. The van der Waals surface area contributed by atoms with E-state index in [0.717, 1.165) is 44.6 Å². The smallest absolute Gasteiger partial charge is 0.253 e. The van der Waals surface area contributed by atoms with Gasteiger partial charge < -0.3 is 10.2 Å². The lowest BCUT2D eigenvalue weighted by Gasteiger charge is -2.25. The van der Waals surface area contributed by atoms with Crippen LogP contribution in [0.3, 0.4) is 0 Å². The first-order chi connectivity index (χ1) is 8.27. The van der Waals surface area contributed by atoms with E-state index in [2.05, 4.69) is 5.32 Å². The van der Waals surface area contributed by atoms with Gasteiger partial charge in [-0.15, -0.1) is 0 Å². The quantitative estimate of drug-likeness (QED) is 0.801. The highest BCUT2D eigenvalue weighted by Gasteiger charge is 2.15. The first-order valence-electron chi connectivity index (χ1n) is 6.34. The maximum absolute atomic E-state index is 12.3. The van der Waals surface area contributed by atoms with Crippen molar-refractivity contribution in [1.29, 1.82) is 0 Å². The van der Waals surface area contributed by atoms with Crippen molar-refractivity contribution >= 4 is 5.91 Å². The first-order valence-corrected chi connectivity index (χ1v) is 6.34. The Balaban J connectivity index is 2.04. The third-order valence-corrected chi connectivity index (χ3v) is 3.18. The Labute approximate surface area is 103 Å². The van der Waals surface area contributed by atoms with Gasteiger partial charge in [0, 0.05) is 25.2 Å². The molecule has 0 atom stereocenters. The van der Waals surface area contributed by atoms with Crippen LogP contribution in [0.4, 0.5) is 0 Å². The van der Waals surface area contributed by atoms with E-state index in [1.807, 2.05) is 36.1 Å². The Hall–Kier alpha value is -1.35. The highest BCUT2D eigenvalue weighted by atomic mass is 16.2. The molecule has 1 N–H and O–H groups in total. The minimum atomic E-state index is 0.161. The zero-order chi connectivity index (χ0) is 12.1. The summed E-state index contributed by atoms with van der Waals surface area (Å²) in [5.74, 6) is 0.161. The van der Waals surface area contributed by atoms with Crippen molar-refractivity contribution in [3.8, 4) is 0 Å². The number of hydrogen-bond acceptors (Lipinski definition) is 2. The number of nitrogens with one attached hydrogen (secondary N) is 1. The van der Waals surface area contributed by atoms with Crippen molar-refractivity contribution in [2.45, 2.75) is 19.8 Å². The third-order valence-electron chi connectivity index (χ3n) is 3.18. The average molecular weight is 232 g/mol. The van der Waals surface area contributed by atoms with Crippen LogP contribution in [0.5, 0.6) is 0 Å². The van der Waals surface area contributed by atoms with E-state index in [1.165, 1.54) is 5.56 Å². The molecule has 0 radical (unpaired) electrons. The summed E-state index contributed by atoms with van der Waals surface area (Å²) >= 11 is 0. The number of rotatable bonds is 1. The lowest BCUT2D eigenvalue weighted by Crippen LogP contribution is -2.39. The molecule has 1 aliphatic heterocycles. The van der Waals surface area contributed by atoms with Crippen molar-refractivity contribution in [2.75, 3.05) is 26.2 Å². The second-order valence-electron chi connectivity index (χ2n) is 4.62. The molecule has 92 valence electrons. The van der Waals surface area contributed by atoms with Crippen molar-refractivity contribution in [1.82, 2.24) is 10.2 Å². The summed E-state index contributed by atoms with van der Waals surface area (Å²) in [7, 11) is 0. The zero-order valence-corrected chi connectivity index (χ0v) is 10.4. The van der Waals surface area contributed by atoms with E-state index in [-0.39, 0.29) is 5.91 Å². The van der Waals surface area contributed by atoms with E-state index >= 15 is 0 Å². The predicted octanol–water partition coefficient (Wildman–Crippen LogP) is 1.82. The Kier molecular flexibility index (Phi) is 4.15. The number of benzene rings is 1. The van der Waals surface area contributed by atoms with E-state index in [4.69, 9.17) is 0 Å². The number of carbonyl (C=O) groups is 1. The molecule has 1 aromatic rings. The van der Waals surface area contributed by atoms with Crippen molar-refractivity contribution < 1.29 is 4.79 Å². The summed E-state index contributed by atoms with van der Waals surface area (Å²) in [5, 5.41) is 3.34. The molecule has 1 fully saturated rings. The zero-order valence-electron chi connectivity index (χ0n) is 10.4. The normalized spacial score (nSPS) is 17.4. The molecule has 1 heterocycles. The maximum atomic E-state index is 12.3. The molecule has 3 nitrogen and oxygen atoms in total. The van der Waals surface area contributed by atoms with E-state index in [1.54, 1.807) is 0 Å². The Bertz CT molecular complexity index is 364. The molecule has 0 saturated carbocycles. The van der Waals surface area contributed by atoms with Crippen LogP contribution in [0.15, 0.2) is 24.3 Å². The fourth-order valence-electron chi connectivity index (χ4n) is 2.09. The minimum absolute atomic E-state index is 0.161. The summed E-state index contributed by atoms with van der Waals surface area (Å²) < 4.78 is 0. The monoisotopic (exact) mass is 232 g/mol. The van der Waals surface area contributed by atoms with Crippen LogP contribution in [0, 0.1) is 6.92 Å². The number of amides is 1. The second kappa shape index (κ2) is 5.82. The Morgan fingerprint density at radius 2 is 1.88 bits per heavy atom. The van der Waals surface area contributed by atoms with Crippen molar-refractivity contribution in [2.24, 2.45) is 0 Å². The molecule has 0 aromatic heterocycles. The number of hydrogen-bond donors (Lipinski definition) is 1. The Morgan fingerprint density at radius 3 is 2.65 bits per heavy atom. The first kappa shape index (κ1) is 12.1. The SMILES string of the molecule is Cc1ccc(C(=O)N2CCCCNCC2)cc1. The van der Waals surface area contributed by atoms with Gasteiger partial charge in [-0.3, -0.25) is 4.79 Å². The fraction of sp³-hybridized carbons (Fsp3) is 0.500. The van der Waals surface area contributed by atoms with Crippen molar-refractivity contribution in [3.05, 3.63) is 35.4 Å². The molecular formula is C14H20N2O. The van der Waals surface area contributed by atoms with E-state index in [0.29, 0.717) is 0 Å². The summed E-state index contributed by atoms with van der Waals surface area (Å²) in [6.07, 6.45) is 2.24. The maximum Gasteiger partial charge on any atom is 0.253 e. The molecule has 0 unspecified atom stereocenters. The molecule has 1 saturated heterocycles. The molecule has 0 aliphatic carbocycles. The van der Waals surface area contributed by atoms with E-state index in [9.17, 15) is 4.79 Å². The number of carbonyl (C=O) groups excluding carboxylic acids is 1. The van der Waals surface area contributed by atoms with Crippen LogP contribution in [0.1, 0.15) is 28.8 Å². The largest absolute Gasteiger partial charge is 0.337 e. The molecule has 2 rings (SSSR count). The average Bonchev–Trinajstić information content (AvgIpc) is 2.29. The van der Waals surface area contributed by atoms with Gasteiger partial charge in [0.1, 0.15) is 0 Å². The van der Waals surface area contributed by atoms with Crippen molar-refractivity contribution in [3.63, 3.8) is 0 Å². The predicted molar refractivity (Wildman–Crippen MR) is 69.2 cm³/mol.